The van der Waals surface area contributed by atoms with Gasteiger partial charge in [0.2, 0.25) is 5.91 Å². The van der Waals surface area contributed by atoms with Crippen LogP contribution in [0.1, 0.15) is 35.2 Å². The molecule has 1 aromatic carbocycles. The van der Waals surface area contributed by atoms with E-state index in [9.17, 15) is 14.0 Å². The average Bonchev–Trinajstić information content (AvgIpc) is 3.61. The Morgan fingerprint density at radius 2 is 1.85 bits per heavy atom. The van der Waals surface area contributed by atoms with Crippen LogP contribution in [0.4, 0.5) is 4.39 Å². The van der Waals surface area contributed by atoms with Crippen molar-refractivity contribution in [2.75, 3.05) is 32.7 Å². The molecule has 3 fully saturated rings. The third-order valence-electron chi connectivity index (χ3n) is 6.93. The molecular formula is C25H30FN5O2. The van der Waals surface area contributed by atoms with Gasteiger partial charge in [0.15, 0.2) is 0 Å². The number of piperazine rings is 1. The SMILES string of the molecule is O=C(C1CC(N(Cc2ccc(F)cc2)C2CC2)CN1C(=O)c1cccnc1)N1CCNCC1. The molecule has 0 spiro atoms. The van der Waals surface area contributed by atoms with Gasteiger partial charge in [-0.05, 0) is 49.1 Å². The number of nitrogens with zero attached hydrogens (tertiary/aromatic N) is 4. The van der Waals surface area contributed by atoms with Gasteiger partial charge in [0.05, 0.1) is 5.56 Å². The number of rotatable bonds is 6. The Balaban J connectivity index is 1.39. The lowest BCUT2D eigenvalue weighted by molar-refractivity contribution is -0.135. The van der Waals surface area contributed by atoms with Gasteiger partial charge in [-0.15, -0.1) is 0 Å². The van der Waals surface area contributed by atoms with E-state index in [4.69, 9.17) is 0 Å². The van der Waals surface area contributed by atoms with E-state index < -0.39 is 6.04 Å². The third kappa shape index (κ3) is 4.91. The van der Waals surface area contributed by atoms with Crippen LogP contribution in [0.2, 0.25) is 0 Å². The smallest absolute Gasteiger partial charge is 0.256 e. The Hall–Kier alpha value is -2.84. The summed E-state index contributed by atoms with van der Waals surface area (Å²) in [6.07, 6.45) is 6.06. The number of aromatic nitrogens is 1. The highest BCUT2D eigenvalue weighted by molar-refractivity contribution is 5.97. The molecule has 1 aliphatic carbocycles. The lowest BCUT2D eigenvalue weighted by Crippen LogP contribution is -2.53. The summed E-state index contributed by atoms with van der Waals surface area (Å²) in [5, 5.41) is 3.28. The molecule has 7 nitrogen and oxygen atoms in total. The molecule has 2 saturated heterocycles. The maximum Gasteiger partial charge on any atom is 0.256 e. The second-order valence-corrected chi connectivity index (χ2v) is 9.21. The van der Waals surface area contributed by atoms with E-state index in [-0.39, 0.29) is 23.7 Å². The normalized spacial score (nSPS) is 23.2. The van der Waals surface area contributed by atoms with E-state index in [0.717, 1.165) is 31.5 Å². The number of carbonyl (C=O) groups is 2. The van der Waals surface area contributed by atoms with Gasteiger partial charge in [0, 0.05) is 63.7 Å². The largest absolute Gasteiger partial charge is 0.338 e. The second-order valence-electron chi connectivity index (χ2n) is 9.21. The maximum absolute atomic E-state index is 13.5. The minimum atomic E-state index is -0.477. The van der Waals surface area contributed by atoms with Gasteiger partial charge in [-0.2, -0.15) is 0 Å². The molecule has 2 aliphatic heterocycles. The third-order valence-corrected chi connectivity index (χ3v) is 6.93. The summed E-state index contributed by atoms with van der Waals surface area (Å²) in [5.74, 6) is -0.349. The molecule has 33 heavy (non-hydrogen) atoms. The first kappa shape index (κ1) is 22.0. The molecule has 3 aliphatic rings. The molecular weight excluding hydrogens is 421 g/mol. The zero-order valence-electron chi connectivity index (χ0n) is 18.7. The number of halogens is 1. The fourth-order valence-electron chi connectivity index (χ4n) is 5.03. The summed E-state index contributed by atoms with van der Waals surface area (Å²) in [6.45, 7) is 4.08. The highest BCUT2D eigenvalue weighted by atomic mass is 19.1. The van der Waals surface area contributed by atoms with Gasteiger partial charge >= 0.3 is 0 Å². The van der Waals surface area contributed by atoms with Gasteiger partial charge in [-0.1, -0.05) is 12.1 Å². The first-order chi connectivity index (χ1) is 16.1. The van der Waals surface area contributed by atoms with Crippen molar-refractivity contribution in [2.45, 2.75) is 43.9 Å². The monoisotopic (exact) mass is 451 g/mol. The highest BCUT2D eigenvalue weighted by Crippen LogP contribution is 2.35. The molecule has 1 saturated carbocycles. The van der Waals surface area contributed by atoms with Gasteiger partial charge in [0.1, 0.15) is 11.9 Å². The number of likely N-dealkylation sites (tertiary alicyclic amines) is 1. The topological polar surface area (TPSA) is 68.8 Å². The van der Waals surface area contributed by atoms with E-state index in [1.807, 2.05) is 17.0 Å². The van der Waals surface area contributed by atoms with Crippen molar-refractivity contribution in [3.05, 3.63) is 65.7 Å². The average molecular weight is 452 g/mol. The molecule has 2 atom stereocenters. The van der Waals surface area contributed by atoms with Crippen LogP contribution in [0.15, 0.2) is 48.8 Å². The lowest BCUT2D eigenvalue weighted by atomic mass is 10.1. The first-order valence-corrected chi connectivity index (χ1v) is 11.8. The number of benzene rings is 1. The number of hydrogen-bond donors (Lipinski definition) is 1. The Morgan fingerprint density at radius 1 is 1.09 bits per heavy atom. The Bertz CT molecular complexity index is 976. The molecule has 8 heteroatoms. The molecule has 0 bridgehead atoms. The fourth-order valence-corrected chi connectivity index (χ4v) is 5.03. The Kier molecular flexibility index (Phi) is 6.37. The van der Waals surface area contributed by atoms with E-state index in [0.29, 0.717) is 44.2 Å². The fraction of sp³-hybridized carbons (Fsp3) is 0.480. The number of carbonyl (C=O) groups excluding carboxylic acids is 2. The first-order valence-electron chi connectivity index (χ1n) is 11.8. The van der Waals surface area contributed by atoms with E-state index in [2.05, 4.69) is 15.2 Å². The minimum absolute atomic E-state index is 0.0359. The summed E-state index contributed by atoms with van der Waals surface area (Å²) < 4.78 is 13.4. The van der Waals surface area contributed by atoms with Crippen molar-refractivity contribution < 1.29 is 14.0 Å². The molecule has 2 aromatic rings. The van der Waals surface area contributed by atoms with Gasteiger partial charge in [-0.25, -0.2) is 4.39 Å². The van der Waals surface area contributed by atoms with Crippen LogP contribution in [0.25, 0.3) is 0 Å². The number of pyridine rings is 1. The standard InChI is InChI=1S/C25H30FN5O2/c26-20-5-3-18(4-6-20)16-30(21-7-8-21)22-14-23(25(33)29-12-10-27-11-13-29)31(17-22)24(32)19-2-1-9-28-15-19/h1-6,9,15,21-23,27H,7-8,10-14,16-17H2. The molecule has 1 N–H and O–H groups in total. The molecule has 1 aromatic heterocycles. The minimum Gasteiger partial charge on any atom is -0.338 e. The lowest BCUT2D eigenvalue weighted by Gasteiger charge is -2.32. The summed E-state index contributed by atoms with van der Waals surface area (Å²) >= 11 is 0. The van der Waals surface area contributed by atoms with Crippen molar-refractivity contribution in [3.63, 3.8) is 0 Å². The molecule has 0 radical (unpaired) electrons. The van der Waals surface area contributed by atoms with Crippen molar-refractivity contribution >= 4 is 11.8 Å². The predicted octanol–water partition coefficient (Wildman–Crippen LogP) is 1.90. The second kappa shape index (κ2) is 9.57. The highest BCUT2D eigenvalue weighted by Gasteiger charge is 2.46. The predicted molar refractivity (Wildman–Crippen MR) is 122 cm³/mol. The van der Waals surface area contributed by atoms with E-state index in [1.165, 1.54) is 12.1 Å². The summed E-state index contributed by atoms with van der Waals surface area (Å²) in [5.41, 5.74) is 1.55. The van der Waals surface area contributed by atoms with Gasteiger partial charge in [-0.3, -0.25) is 19.5 Å². The molecule has 174 valence electrons. The van der Waals surface area contributed by atoms with Crippen molar-refractivity contribution in [2.24, 2.45) is 0 Å². The van der Waals surface area contributed by atoms with Crippen LogP contribution in [0.3, 0.4) is 0 Å². The van der Waals surface area contributed by atoms with Crippen LogP contribution in [0, 0.1) is 5.82 Å². The van der Waals surface area contributed by atoms with Crippen LogP contribution < -0.4 is 5.32 Å². The van der Waals surface area contributed by atoms with Gasteiger partial charge in [0.25, 0.3) is 5.91 Å². The van der Waals surface area contributed by atoms with E-state index in [1.54, 1.807) is 29.4 Å². The molecule has 5 rings (SSSR count). The van der Waals surface area contributed by atoms with Crippen molar-refractivity contribution in [1.29, 1.82) is 0 Å². The summed E-state index contributed by atoms with van der Waals surface area (Å²) in [7, 11) is 0. The molecule has 3 heterocycles. The number of nitrogens with one attached hydrogen (secondary N) is 1. The van der Waals surface area contributed by atoms with Crippen molar-refractivity contribution in [3.8, 4) is 0 Å². The van der Waals surface area contributed by atoms with Crippen LogP contribution in [0.5, 0.6) is 0 Å². The van der Waals surface area contributed by atoms with Crippen LogP contribution >= 0.6 is 0 Å². The van der Waals surface area contributed by atoms with Crippen LogP contribution in [-0.2, 0) is 11.3 Å². The number of hydrogen-bond acceptors (Lipinski definition) is 5. The van der Waals surface area contributed by atoms with E-state index >= 15 is 0 Å². The summed E-state index contributed by atoms with van der Waals surface area (Å²) in [4.78, 5) is 37.1. The zero-order chi connectivity index (χ0) is 22.8. The zero-order valence-corrected chi connectivity index (χ0v) is 18.7. The maximum atomic E-state index is 13.5. The van der Waals surface area contributed by atoms with Crippen molar-refractivity contribution in [1.82, 2.24) is 25.0 Å². The Labute approximate surface area is 193 Å². The Morgan fingerprint density at radius 3 is 2.52 bits per heavy atom. The number of amides is 2. The van der Waals surface area contributed by atoms with Gasteiger partial charge < -0.3 is 15.1 Å². The molecule has 2 unspecified atom stereocenters. The summed E-state index contributed by atoms with van der Waals surface area (Å²) in [6, 6.07) is 10.2. The molecule has 2 amide bonds. The van der Waals surface area contributed by atoms with Crippen LogP contribution in [-0.4, -0.2) is 82.3 Å². The quantitative estimate of drug-likeness (QED) is 0.727.